The molecule has 0 saturated carbocycles. The van der Waals surface area contributed by atoms with Crippen LogP contribution in [0.3, 0.4) is 0 Å². The summed E-state index contributed by atoms with van der Waals surface area (Å²) in [7, 11) is 0. The summed E-state index contributed by atoms with van der Waals surface area (Å²) in [6.07, 6.45) is 1.54. The highest BCUT2D eigenvalue weighted by molar-refractivity contribution is 14.1. The molecule has 0 atom stereocenters. The zero-order chi connectivity index (χ0) is 22.4. The van der Waals surface area contributed by atoms with E-state index in [4.69, 9.17) is 16.3 Å². The highest BCUT2D eigenvalue weighted by Crippen LogP contribution is 2.34. The van der Waals surface area contributed by atoms with Gasteiger partial charge in [-0.05, 0) is 86.6 Å². The number of hydrogen-bond acceptors (Lipinski definition) is 3. The summed E-state index contributed by atoms with van der Waals surface area (Å²) in [4.78, 5) is 12.5. The zero-order valence-electron chi connectivity index (χ0n) is 15.8. The summed E-state index contributed by atoms with van der Waals surface area (Å²) in [6.45, 7) is 0.321. The van der Waals surface area contributed by atoms with Crippen molar-refractivity contribution in [3.8, 4) is 11.8 Å². The second-order valence-electron chi connectivity index (χ2n) is 6.33. The Morgan fingerprint density at radius 2 is 1.94 bits per heavy atom. The largest absolute Gasteiger partial charge is 0.487 e. The van der Waals surface area contributed by atoms with Crippen LogP contribution in [0.2, 0.25) is 5.02 Å². The van der Waals surface area contributed by atoms with Gasteiger partial charge in [-0.25, -0.2) is 0 Å². The van der Waals surface area contributed by atoms with Gasteiger partial charge in [0.1, 0.15) is 24.0 Å². The third-order valence-corrected chi connectivity index (χ3v) is 6.36. The van der Waals surface area contributed by atoms with E-state index in [1.807, 2.05) is 42.5 Å². The molecule has 0 aromatic heterocycles. The smallest absolute Gasteiger partial charge is 0.266 e. The van der Waals surface area contributed by atoms with Gasteiger partial charge >= 0.3 is 0 Å². The maximum absolute atomic E-state index is 12.5. The molecule has 0 bridgehead atoms. The van der Waals surface area contributed by atoms with Gasteiger partial charge in [-0.2, -0.15) is 5.26 Å². The number of rotatable bonds is 6. The van der Waals surface area contributed by atoms with Crippen LogP contribution < -0.4 is 10.1 Å². The van der Waals surface area contributed by atoms with E-state index in [9.17, 15) is 10.1 Å². The van der Waals surface area contributed by atoms with E-state index in [2.05, 4.69) is 59.8 Å². The van der Waals surface area contributed by atoms with Crippen molar-refractivity contribution in [3.63, 3.8) is 0 Å². The standard InChI is InChI=1S/C23H14Br2ClIN2O2/c24-17-5-3-6-18(11-17)29-23(30)16(12-28)8-14-9-19(25)22(21(27)10-14)31-13-15-4-1-2-7-20(15)26/h1-11H,13H2,(H,29,30)/b16-8-. The fourth-order valence-corrected chi connectivity index (χ4v) is 5.00. The van der Waals surface area contributed by atoms with E-state index in [0.29, 0.717) is 33.1 Å². The molecule has 0 fully saturated rings. The lowest BCUT2D eigenvalue weighted by molar-refractivity contribution is -0.112. The molecular weight excluding hydrogens is 658 g/mol. The highest BCUT2D eigenvalue weighted by Gasteiger charge is 2.13. The van der Waals surface area contributed by atoms with Crippen molar-refractivity contribution in [3.05, 3.63) is 94.9 Å². The summed E-state index contributed by atoms with van der Waals surface area (Å²) in [5.74, 6) is 0.181. The number of amides is 1. The second-order valence-corrected chi connectivity index (χ2v) is 9.67. The number of nitrogens with one attached hydrogen (secondary N) is 1. The quantitative estimate of drug-likeness (QED) is 0.167. The summed E-state index contributed by atoms with van der Waals surface area (Å²) in [5, 5.41) is 12.9. The Hall–Kier alpha value is -1.86. The van der Waals surface area contributed by atoms with Crippen LogP contribution in [0, 0.1) is 14.9 Å². The van der Waals surface area contributed by atoms with Crippen LogP contribution in [0.4, 0.5) is 5.69 Å². The fourth-order valence-electron chi connectivity index (χ4n) is 2.65. The first kappa shape index (κ1) is 23.8. The van der Waals surface area contributed by atoms with Gasteiger partial charge in [-0.1, -0.05) is 51.8 Å². The Morgan fingerprint density at radius 3 is 2.61 bits per heavy atom. The third-order valence-electron chi connectivity index (χ3n) is 4.11. The summed E-state index contributed by atoms with van der Waals surface area (Å²) in [6, 6.07) is 20.3. The highest BCUT2D eigenvalue weighted by atomic mass is 127. The van der Waals surface area contributed by atoms with Gasteiger partial charge in [0.2, 0.25) is 0 Å². The minimum Gasteiger partial charge on any atom is -0.487 e. The third kappa shape index (κ3) is 6.56. The molecule has 0 aliphatic heterocycles. The van der Waals surface area contributed by atoms with Crippen molar-refractivity contribution in [1.82, 2.24) is 0 Å². The van der Waals surface area contributed by atoms with Gasteiger partial charge in [-0.3, -0.25) is 4.79 Å². The number of anilines is 1. The number of halogens is 4. The summed E-state index contributed by atoms with van der Waals surface area (Å²) >= 11 is 15.2. The average molecular weight is 673 g/mol. The Labute approximate surface area is 215 Å². The molecule has 0 spiro atoms. The van der Waals surface area contributed by atoms with Crippen molar-refractivity contribution < 1.29 is 9.53 Å². The molecule has 3 rings (SSSR count). The minimum atomic E-state index is -0.481. The molecule has 0 unspecified atom stereocenters. The van der Waals surface area contributed by atoms with Gasteiger partial charge in [-0.15, -0.1) is 0 Å². The minimum absolute atomic E-state index is 0.00703. The number of carbonyl (C=O) groups is 1. The van der Waals surface area contributed by atoms with Gasteiger partial charge < -0.3 is 10.1 Å². The Morgan fingerprint density at radius 1 is 1.16 bits per heavy atom. The number of nitriles is 1. The van der Waals surface area contributed by atoms with Gasteiger partial charge in [0.05, 0.1) is 8.04 Å². The van der Waals surface area contributed by atoms with Gasteiger partial charge in [0.15, 0.2) is 0 Å². The van der Waals surface area contributed by atoms with Crippen molar-refractivity contribution >= 4 is 83.7 Å². The lowest BCUT2D eigenvalue weighted by atomic mass is 10.1. The first-order chi connectivity index (χ1) is 14.9. The summed E-state index contributed by atoms with van der Waals surface area (Å²) < 4.78 is 8.32. The van der Waals surface area contributed by atoms with E-state index in [1.165, 1.54) is 6.08 Å². The predicted molar refractivity (Wildman–Crippen MR) is 139 cm³/mol. The topological polar surface area (TPSA) is 62.1 Å². The molecular formula is C23H14Br2ClIN2O2. The van der Waals surface area contributed by atoms with Crippen LogP contribution in [0.15, 0.2) is 75.2 Å². The lowest BCUT2D eigenvalue weighted by Crippen LogP contribution is -2.13. The van der Waals surface area contributed by atoms with E-state index < -0.39 is 5.91 Å². The monoisotopic (exact) mass is 670 g/mol. The van der Waals surface area contributed by atoms with Crippen molar-refractivity contribution in [1.29, 1.82) is 5.26 Å². The van der Waals surface area contributed by atoms with Crippen LogP contribution in [0.5, 0.6) is 5.75 Å². The fraction of sp³-hybridized carbons (Fsp3) is 0.0435. The average Bonchev–Trinajstić information content (AvgIpc) is 2.72. The Balaban J connectivity index is 1.78. The van der Waals surface area contributed by atoms with E-state index >= 15 is 0 Å². The van der Waals surface area contributed by atoms with Crippen LogP contribution in [0.25, 0.3) is 6.08 Å². The molecule has 1 amide bonds. The number of ether oxygens (including phenoxy) is 1. The van der Waals surface area contributed by atoms with Gasteiger partial charge in [0, 0.05) is 20.7 Å². The molecule has 0 aliphatic carbocycles. The molecule has 0 heterocycles. The molecule has 0 radical (unpaired) electrons. The zero-order valence-corrected chi connectivity index (χ0v) is 21.9. The number of hydrogen-bond donors (Lipinski definition) is 1. The van der Waals surface area contributed by atoms with E-state index in [-0.39, 0.29) is 5.57 Å². The second kappa shape index (κ2) is 11.1. The van der Waals surface area contributed by atoms with Crippen LogP contribution in [0.1, 0.15) is 11.1 Å². The van der Waals surface area contributed by atoms with Crippen molar-refractivity contribution in [2.75, 3.05) is 5.32 Å². The SMILES string of the molecule is N#C/C(=C/c1cc(Br)c(OCc2ccccc2Cl)c(I)c1)C(=O)Nc1cccc(Br)c1. The van der Waals surface area contributed by atoms with Crippen molar-refractivity contribution in [2.24, 2.45) is 0 Å². The first-order valence-electron chi connectivity index (χ1n) is 8.91. The molecule has 156 valence electrons. The predicted octanol–water partition coefficient (Wildman–Crippen LogP) is 7.59. The van der Waals surface area contributed by atoms with Crippen LogP contribution >= 0.6 is 66.1 Å². The Bertz CT molecular complexity index is 1190. The number of nitrogens with zero attached hydrogens (tertiary/aromatic N) is 1. The Kier molecular flexibility index (Phi) is 8.55. The summed E-state index contributed by atoms with van der Waals surface area (Å²) in [5.41, 5.74) is 2.17. The van der Waals surface area contributed by atoms with E-state index in [0.717, 1.165) is 13.6 Å². The molecule has 31 heavy (non-hydrogen) atoms. The molecule has 1 N–H and O–H groups in total. The molecule has 0 aliphatic rings. The van der Waals surface area contributed by atoms with Crippen LogP contribution in [-0.2, 0) is 11.4 Å². The molecule has 3 aromatic carbocycles. The normalized spacial score (nSPS) is 11.0. The number of carbonyl (C=O) groups excluding carboxylic acids is 1. The van der Waals surface area contributed by atoms with Crippen molar-refractivity contribution in [2.45, 2.75) is 6.61 Å². The van der Waals surface area contributed by atoms with E-state index in [1.54, 1.807) is 24.3 Å². The molecule has 4 nitrogen and oxygen atoms in total. The van der Waals surface area contributed by atoms with Gasteiger partial charge in [0.25, 0.3) is 5.91 Å². The lowest BCUT2D eigenvalue weighted by Gasteiger charge is -2.12. The first-order valence-corrected chi connectivity index (χ1v) is 12.0. The maximum Gasteiger partial charge on any atom is 0.266 e. The molecule has 0 saturated heterocycles. The van der Waals surface area contributed by atoms with Crippen LogP contribution in [-0.4, -0.2) is 5.91 Å². The maximum atomic E-state index is 12.5. The molecule has 3 aromatic rings. The molecule has 8 heteroatoms. The number of benzene rings is 3.